The van der Waals surface area contributed by atoms with Crippen LogP contribution in [0.3, 0.4) is 0 Å². The van der Waals surface area contributed by atoms with Crippen molar-refractivity contribution in [2.45, 2.75) is 44.6 Å². The topological polar surface area (TPSA) is 131 Å². The summed E-state index contributed by atoms with van der Waals surface area (Å²) in [5, 5.41) is 15.1. The molecule has 2 fully saturated rings. The van der Waals surface area contributed by atoms with Crippen LogP contribution in [0.2, 0.25) is 0 Å². The number of methoxy groups -OCH3 is 1. The van der Waals surface area contributed by atoms with E-state index in [4.69, 9.17) is 19.2 Å². The largest absolute Gasteiger partial charge is 0.479 e. The van der Waals surface area contributed by atoms with Gasteiger partial charge in [-0.25, -0.2) is 15.0 Å². The van der Waals surface area contributed by atoms with E-state index in [0.29, 0.717) is 35.0 Å². The lowest BCUT2D eigenvalue weighted by Gasteiger charge is -2.23. The van der Waals surface area contributed by atoms with Crippen LogP contribution in [0.5, 0.6) is 5.88 Å². The molecular weight excluding hydrogens is 434 g/mol. The van der Waals surface area contributed by atoms with Gasteiger partial charge in [0.15, 0.2) is 17.3 Å². The van der Waals surface area contributed by atoms with Gasteiger partial charge < -0.3 is 19.5 Å². The Morgan fingerprint density at radius 2 is 1.97 bits per heavy atom. The van der Waals surface area contributed by atoms with Crippen LogP contribution in [0.25, 0.3) is 11.4 Å². The van der Waals surface area contributed by atoms with E-state index in [9.17, 15) is 0 Å². The molecule has 174 valence electrons. The van der Waals surface area contributed by atoms with Gasteiger partial charge in [-0.1, -0.05) is 5.16 Å². The zero-order valence-electron chi connectivity index (χ0n) is 19.0. The van der Waals surface area contributed by atoms with Crippen molar-refractivity contribution in [3.63, 3.8) is 0 Å². The highest BCUT2D eigenvalue weighted by Crippen LogP contribution is 2.40. The molecule has 0 unspecified atom stereocenters. The smallest absolute Gasteiger partial charge is 0.242 e. The van der Waals surface area contributed by atoms with Crippen LogP contribution in [-0.2, 0) is 0 Å². The molecule has 1 aliphatic heterocycles. The predicted molar refractivity (Wildman–Crippen MR) is 124 cm³/mol. The van der Waals surface area contributed by atoms with Gasteiger partial charge in [0.05, 0.1) is 13.2 Å². The van der Waals surface area contributed by atoms with Gasteiger partial charge in [0.2, 0.25) is 11.8 Å². The number of aryl methyl sites for hydroxylation is 1. The lowest BCUT2D eigenvalue weighted by atomic mass is 10.1. The molecule has 2 N–H and O–H groups in total. The molecule has 11 nitrogen and oxygen atoms in total. The highest BCUT2D eigenvalue weighted by Gasteiger charge is 2.32. The first-order valence-electron chi connectivity index (χ1n) is 11.4. The minimum atomic E-state index is -0.0228. The third kappa shape index (κ3) is 3.93. The number of nitrogens with one attached hydrogen (secondary N) is 2. The second kappa shape index (κ2) is 8.40. The molecule has 0 amide bonds. The monoisotopic (exact) mass is 459 g/mol. The van der Waals surface area contributed by atoms with Gasteiger partial charge in [-0.3, -0.25) is 5.10 Å². The number of nitrogens with zero attached hydrogens (tertiary/aromatic N) is 7. The molecule has 5 heterocycles. The molecule has 34 heavy (non-hydrogen) atoms. The lowest BCUT2D eigenvalue weighted by Crippen LogP contribution is -2.25. The van der Waals surface area contributed by atoms with Crippen LogP contribution in [-0.4, -0.2) is 48.9 Å². The van der Waals surface area contributed by atoms with Crippen LogP contribution < -0.4 is 15.0 Å². The van der Waals surface area contributed by atoms with Crippen molar-refractivity contribution in [2.24, 2.45) is 0 Å². The summed E-state index contributed by atoms with van der Waals surface area (Å²) in [6.07, 6.45) is 7.55. The SMILES string of the molecule is COc1nccnc1-c1cc([C@@H]2CCCN2c2nc(C)cc(Nc3cc(C4CC4)[nH]n3)n2)on1. The number of anilines is 3. The number of aromatic amines is 1. The number of hydrogen-bond acceptors (Lipinski definition) is 10. The van der Waals surface area contributed by atoms with E-state index in [1.54, 1.807) is 19.5 Å². The Kier molecular flexibility index (Phi) is 5.08. The summed E-state index contributed by atoms with van der Waals surface area (Å²) in [6.45, 7) is 2.79. The van der Waals surface area contributed by atoms with Crippen LogP contribution in [0.4, 0.5) is 17.6 Å². The van der Waals surface area contributed by atoms with E-state index in [-0.39, 0.29) is 6.04 Å². The minimum absolute atomic E-state index is 0.0228. The van der Waals surface area contributed by atoms with E-state index >= 15 is 0 Å². The van der Waals surface area contributed by atoms with Crippen LogP contribution >= 0.6 is 0 Å². The Labute approximate surface area is 196 Å². The van der Waals surface area contributed by atoms with Crippen LogP contribution in [0.1, 0.15) is 54.8 Å². The first-order chi connectivity index (χ1) is 16.7. The van der Waals surface area contributed by atoms with Crippen molar-refractivity contribution in [1.82, 2.24) is 35.3 Å². The van der Waals surface area contributed by atoms with Crippen LogP contribution in [0.15, 0.2) is 35.1 Å². The average Bonchev–Trinajstić information content (AvgIpc) is 3.23. The molecule has 0 radical (unpaired) electrons. The lowest BCUT2D eigenvalue weighted by molar-refractivity contribution is 0.361. The number of ether oxygens (including phenoxy) is 1. The maximum atomic E-state index is 5.74. The maximum absolute atomic E-state index is 5.74. The quantitative estimate of drug-likeness (QED) is 0.419. The minimum Gasteiger partial charge on any atom is -0.479 e. The van der Waals surface area contributed by atoms with Gasteiger partial charge in [0, 0.05) is 54.4 Å². The van der Waals surface area contributed by atoms with Crippen molar-refractivity contribution in [2.75, 3.05) is 23.9 Å². The first-order valence-corrected chi connectivity index (χ1v) is 11.4. The Hall–Kier alpha value is -4.02. The second-order valence-electron chi connectivity index (χ2n) is 8.68. The highest BCUT2D eigenvalue weighted by atomic mass is 16.5. The molecular formula is C23H25N9O2. The highest BCUT2D eigenvalue weighted by molar-refractivity contribution is 5.60. The van der Waals surface area contributed by atoms with E-state index in [0.717, 1.165) is 36.7 Å². The van der Waals surface area contributed by atoms with E-state index in [1.165, 1.54) is 18.5 Å². The molecule has 4 aromatic heterocycles. The fraction of sp³-hybridized carbons (Fsp3) is 0.391. The normalized spacial score (nSPS) is 17.8. The van der Waals surface area contributed by atoms with E-state index < -0.39 is 0 Å². The molecule has 0 aromatic carbocycles. The third-order valence-electron chi connectivity index (χ3n) is 6.18. The molecule has 6 rings (SSSR count). The Bertz CT molecular complexity index is 1310. The molecule has 1 saturated heterocycles. The number of hydrogen-bond donors (Lipinski definition) is 2. The Balaban J connectivity index is 1.25. The van der Waals surface area contributed by atoms with Gasteiger partial charge in [0.1, 0.15) is 11.5 Å². The molecule has 1 saturated carbocycles. The van der Waals surface area contributed by atoms with Crippen molar-refractivity contribution < 1.29 is 9.26 Å². The zero-order valence-corrected chi connectivity index (χ0v) is 19.0. The second-order valence-corrected chi connectivity index (χ2v) is 8.68. The van der Waals surface area contributed by atoms with E-state index in [1.807, 2.05) is 19.1 Å². The maximum Gasteiger partial charge on any atom is 0.242 e. The zero-order chi connectivity index (χ0) is 23.1. The van der Waals surface area contributed by atoms with Gasteiger partial charge in [-0.2, -0.15) is 10.1 Å². The average molecular weight is 460 g/mol. The number of rotatable bonds is 7. The summed E-state index contributed by atoms with van der Waals surface area (Å²) in [5.74, 6) is 3.89. The fourth-order valence-corrected chi connectivity index (χ4v) is 4.39. The summed E-state index contributed by atoms with van der Waals surface area (Å²) in [6, 6.07) is 5.86. The summed E-state index contributed by atoms with van der Waals surface area (Å²) in [5.41, 5.74) is 3.18. The Morgan fingerprint density at radius 3 is 2.82 bits per heavy atom. The van der Waals surface area contributed by atoms with Gasteiger partial charge in [0.25, 0.3) is 0 Å². The first kappa shape index (κ1) is 20.6. The Morgan fingerprint density at radius 1 is 1.09 bits per heavy atom. The predicted octanol–water partition coefficient (Wildman–Crippen LogP) is 3.92. The molecule has 2 aliphatic rings. The van der Waals surface area contributed by atoms with Gasteiger partial charge >= 0.3 is 0 Å². The number of H-pyrrole nitrogens is 1. The standard InChI is InChI=1S/C23H25N9O2/c1-13-10-19(27-20-12-15(29-30-20)14-5-6-14)28-23(26-13)32-9-3-4-17(32)18-11-16(31-34-18)21-22(33-2)25-8-7-24-21/h7-8,10-12,14,17H,3-6,9H2,1-2H3,(H2,26,27,28,29,30)/t17-/m0/s1. The van der Waals surface area contributed by atoms with Gasteiger partial charge in [-0.15, -0.1) is 0 Å². The molecule has 11 heteroatoms. The molecule has 4 aromatic rings. The fourth-order valence-electron chi connectivity index (χ4n) is 4.39. The summed E-state index contributed by atoms with van der Waals surface area (Å²) in [7, 11) is 1.56. The molecule has 0 bridgehead atoms. The van der Waals surface area contributed by atoms with Crippen molar-refractivity contribution in [3.8, 4) is 17.3 Å². The van der Waals surface area contributed by atoms with Crippen molar-refractivity contribution in [1.29, 1.82) is 0 Å². The van der Waals surface area contributed by atoms with E-state index in [2.05, 4.69) is 41.6 Å². The summed E-state index contributed by atoms with van der Waals surface area (Å²) >= 11 is 0. The summed E-state index contributed by atoms with van der Waals surface area (Å²) < 4.78 is 11.1. The third-order valence-corrected chi connectivity index (χ3v) is 6.18. The van der Waals surface area contributed by atoms with Crippen molar-refractivity contribution in [3.05, 3.63) is 47.7 Å². The van der Waals surface area contributed by atoms with Gasteiger partial charge in [-0.05, 0) is 32.6 Å². The molecule has 1 atom stereocenters. The molecule has 0 spiro atoms. The summed E-state index contributed by atoms with van der Waals surface area (Å²) in [4.78, 5) is 20.2. The molecule has 1 aliphatic carbocycles. The van der Waals surface area contributed by atoms with Crippen molar-refractivity contribution >= 4 is 17.6 Å². The van der Waals surface area contributed by atoms with Crippen LogP contribution in [0, 0.1) is 6.92 Å². The number of aromatic nitrogens is 7.